The van der Waals surface area contributed by atoms with Crippen LogP contribution < -0.4 is 5.73 Å². The third-order valence-electron chi connectivity index (χ3n) is 4.24. The molecule has 0 aromatic heterocycles. The predicted molar refractivity (Wildman–Crippen MR) is 87.8 cm³/mol. The van der Waals surface area contributed by atoms with Crippen molar-refractivity contribution in [1.82, 2.24) is 4.90 Å². The Morgan fingerprint density at radius 3 is 2.46 bits per heavy atom. The van der Waals surface area contributed by atoms with E-state index in [0.29, 0.717) is 24.1 Å². The molecule has 1 aliphatic rings. The van der Waals surface area contributed by atoms with E-state index in [2.05, 4.69) is 0 Å². The number of hydrogen-bond acceptors (Lipinski definition) is 3. The standard InChI is InChI=1S/C17H17FN2O3S/c1-24(22,23)14-7-4-11-8-9-20(17(19)21)16(15(11)10-14)12-2-5-13(18)6-3-12/h2-7,10,16H,8-9H2,1H3,(H2,19,21)/t16-/m0/s1. The third-order valence-corrected chi connectivity index (χ3v) is 5.35. The number of amides is 2. The zero-order chi connectivity index (χ0) is 17.5. The number of hydrogen-bond donors (Lipinski definition) is 1. The Morgan fingerprint density at radius 1 is 1.21 bits per heavy atom. The smallest absolute Gasteiger partial charge is 0.315 e. The first-order chi connectivity index (χ1) is 11.3. The molecule has 1 atom stereocenters. The number of rotatable bonds is 2. The van der Waals surface area contributed by atoms with Crippen LogP contribution in [0.15, 0.2) is 47.4 Å². The molecule has 0 saturated carbocycles. The minimum Gasteiger partial charge on any atom is -0.351 e. The van der Waals surface area contributed by atoms with Gasteiger partial charge in [0.05, 0.1) is 10.9 Å². The lowest BCUT2D eigenvalue weighted by molar-refractivity contribution is 0.189. The fraction of sp³-hybridized carbons (Fsp3) is 0.235. The van der Waals surface area contributed by atoms with Crippen molar-refractivity contribution < 1.29 is 17.6 Å². The maximum Gasteiger partial charge on any atom is 0.315 e. The Labute approximate surface area is 139 Å². The van der Waals surface area contributed by atoms with Crippen molar-refractivity contribution in [2.45, 2.75) is 17.4 Å². The molecular formula is C17H17FN2O3S. The number of nitrogens with two attached hydrogens (primary N) is 1. The van der Waals surface area contributed by atoms with E-state index in [1.54, 1.807) is 30.3 Å². The Hall–Kier alpha value is -2.41. The van der Waals surface area contributed by atoms with Crippen LogP contribution in [0.4, 0.5) is 9.18 Å². The van der Waals surface area contributed by atoms with E-state index in [1.165, 1.54) is 17.0 Å². The summed E-state index contributed by atoms with van der Waals surface area (Å²) in [4.78, 5) is 13.5. The van der Waals surface area contributed by atoms with E-state index in [0.717, 1.165) is 11.8 Å². The summed E-state index contributed by atoms with van der Waals surface area (Å²) in [7, 11) is -3.38. The molecule has 0 aliphatic carbocycles. The highest BCUT2D eigenvalue weighted by atomic mass is 32.2. The molecule has 2 amide bonds. The molecule has 1 aliphatic heterocycles. The minimum atomic E-state index is -3.38. The van der Waals surface area contributed by atoms with Crippen molar-refractivity contribution in [3.05, 3.63) is 65.0 Å². The van der Waals surface area contributed by atoms with Gasteiger partial charge in [0.1, 0.15) is 5.82 Å². The number of sulfone groups is 1. The number of nitrogens with zero attached hydrogens (tertiary/aromatic N) is 1. The van der Waals surface area contributed by atoms with Gasteiger partial charge >= 0.3 is 6.03 Å². The first kappa shape index (κ1) is 16.4. The van der Waals surface area contributed by atoms with Gasteiger partial charge in [0.2, 0.25) is 0 Å². The van der Waals surface area contributed by atoms with Gasteiger partial charge in [0, 0.05) is 12.8 Å². The molecule has 0 radical (unpaired) electrons. The van der Waals surface area contributed by atoms with Gasteiger partial charge in [-0.25, -0.2) is 17.6 Å². The molecule has 24 heavy (non-hydrogen) atoms. The van der Waals surface area contributed by atoms with E-state index >= 15 is 0 Å². The molecule has 0 bridgehead atoms. The van der Waals surface area contributed by atoms with Crippen LogP contribution in [0.5, 0.6) is 0 Å². The number of carbonyl (C=O) groups is 1. The highest BCUT2D eigenvalue weighted by molar-refractivity contribution is 7.90. The predicted octanol–water partition coefficient (Wildman–Crippen LogP) is 2.26. The van der Waals surface area contributed by atoms with Gasteiger partial charge in [-0.15, -0.1) is 0 Å². The van der Waals surface area contributed by atoms with Crippen LogP contribution in [0.2, 0.25) is 0 Å². The van der Waals surface area contributed by atoms with E-state index < -0.39 is 21.9 Å². The van der Waals surface area contributed by atoms with E-state index in [4.69, 9.17) is 5.73 Å². The van der Waals surface area contributed by atoms with Gasteiger partial charge in [-0.3, -0.25) is 0 Å². The molecule has 0 saturated heterocycles. The second-order valence-electron chi connectivity index (χ2n) is 5.87. The number of halogens is 1. The molecule has 3 rings (SSSR count). The Kier molecular flexibility index (Phi) is 4.04. The summed E-state index contributed by atoms with van der Waals surface area (Å²) in [6.45, 7) is 0.419. The number of urea groups is 1. The van der Waals surface area contributed by atoms with Crippen molar-refractivity contribution in [3.63, 3.8) is 0 Å². The fourth-order valence-corrected chi connectivity index (χ4v) is 3.72. The van der Waals surface area contributed by atoms with Crippen molar-refractivity contribution in [1.29, 1.82) is 0 Å². The topological polar surface area (TPSA) is 80.5 Å². The molecule has 7 heteroatoms. The van der Waals surface area contributed by atoms with Crippen LogP contribution in [-0.4, -0.2) is 32.1 Å². The fourth-order valence-electron chi connectivity index (χ4n) is 3.07. The highest BCUT2D eigenvalue weighted by Crippen LogP contribution is 2.36. The summed E-state index contributed by atoms with van der Waals surface area (Å²) >= 11 is 0. The number of primary amides is 1. The van der Waals surface area contributed by atoms with Crippen molar-refractivity contribution in [2.75, 3.05) is 12.8 Å². The van der Waals surface area contributed by atoms with Gasteiger partial charge in [-0.1, -0.05) is 18.2 Å². The summed E-state index contributed by atoms with van der Waals surface area (Å²) in [6, 6.07) is 9.56. The molecule has 0 unspecified atom stereocenters. The summed E-state index contributed by atoms with van der Waals surface area (Å²) in [6.07, 6.45) is 1.72. The van der Waals surface area contributed by atoms with E-state index in [-0.39, 0.29) is 10.7 Å². The molecule has 2 N–H and O–H groups in total. The van der Waals surface area contributed by atoms with Gasteiger partial charge in [-0.05, 0) is 47.4 Å². The van der Waals surface area contributed by atoms with Crippen LogP contribution in [-0.2, 0) is 16.3 Å². The first-order valence-electron chi connectivity index (χ1n) is 7.42. The van der Waals surface area contributed by atoms with Crippen molar-refractivity contribution in [2.24, 2.45) is 5.73 Å². The lowest BCUT2D eigenvalue weighted by atomic mass is 9.88. The van der Waals surface area contributed by atoms with Crippen LogP contribution >= 0.6 is 0 Å². The first-order valence-corrected chi connectivity index (χ1v) is 9.31. The van der Waals surface area contributed by atoms with Gasteiger partial charge in [0.15, 0.2) is 9.84 Å². The van der Waals surface area contributed by atoms with Gasteiger partial charge in [0.25, 0.3) is 0 Å². The highest BCUT2D eigenvalue weighted by Gasteiger charge is 2.31. The van der Waals surface area contributed by atoms with E-state index in [1.807, 2.05) is 0 Å². The van der Waals surface area contributed by atoms with Gasteiger partial charge in [-0.2, -0.15) is 0 Å². The Morgan fingerprint density at radius 2 is 1.88 bits per heavy atom. The minimum absolute atomic E-state index is 0.180. The van der Waals surface area contributed by atoms with Gasteiger partial charge < -0.3 is 10.6 Å². The molecule has 2 aromatic carbocycles. The third kappa shape index (κ3) is 2.99. The number of benzene rings is 2. The SMILES string of the molecule is CS(=O)(=O)c1ccc2c(c1)[C@H](c1ccc(F)cc1)N(C(N)=O)CC2. The summed E-state index contributed by atoms with van der Waals surface area (Å²) in [5, 5.41) is 0. The van der Waals surface area contributed by atoms with Crippen LogP contribution in [0.1, 0.15) is 22.7 Å². The largest absolute Gasteiger partial charge is 0.351 e. The molecule has 2 aromatic rings. The molecule has 0 fully saturated rings. The van der Waals surface area contributed by atoms with Crippen LogP contribution in [0.25, 0.3) is 0 Å². The van der Waals surface area contributed by atoms with Crippen molar-refractivity contribution >= 4 is 15.9 Å². The molecule has 1 heterocycles. The summed E-state index contributed by atoms with van der Waals surface area (Å²) in [5.74, 6) is -0.384. The summed E-state index contributed by atoms with van der Waals surface area (Å²) in [5.41, 5.74) is 7.84. The zero-order valence-electron chi connectivity index (χ0n) is 13.1. The molecule has 5 nitrogen and oxygen atoms in total. The number of fused-ring (bicyclic) bond motifs is 1. The average Bonchev–Trinajstić information content (AvgIpc) is 2.53. The Balaban J connectivity index is 2.19. The second kappa shape index (κ2) is 5.90. The summed E-state index contributed by atoms with van der Waals surface area (Å²) < 4.78 is 37.0. The quantitative estimate of drug-likeness (QED) is 0.904. The number of carbonyl (C=O) groups excluding carboxylic acids is 1. The zero-order valence-corrected chi connectivity index (χ0v) is 13.9. The van der Waals surface area contributed by atoms with E-state index in [9.17, 15) is 17.6 Å². The molecule has 0 spiro atoms. The lowest BCUT2D eigenvalue weighted by Gasteiger charge is -2.36. The van der Waals surface area contributed by atoms with Crippen LogP contribution in [0, 0.1) is 5.82 Å². The molecule has 126 valence electrons. The maximum absolute atomic E-state index is 13.2. The van der Waals surface area contributed by atoms with Crippen LogP contribution in [0.3, 0.4) is 0 Å². The Bertz CT molecular complexity index is 895. The second-order valence-corrected chi connectivity index (χ2v) is 7.88. The maximum atomic E-state index is 13.2. The molecular weight excluding hydrogens is 331 g/mol. The normalized spacial score (nSPS) is 17.4. The average molecular weight is 348 g/mol. The lowest BCUT2D eigenvalue weighted by Crippen LogP contribution is -2.43. The van der Waals surface area contributed by atoms with Crippen molar-refractivity contribution in [3.8, 4) is 0 Å². The monoisotopic (exact) mass is 348 g/mol.